The molecule has 8 N–H and O–H groups in total. The predicted octanol–water partition coefficient (Wildman–Crippen LogP) is -3.87. The van der Waals surface area contributed by atoms with E-state index in [1.165, 1.54) is 0 Å². The van der Waals surface area contributed by atoms with Gasteiger partial charge in [-0.25, -0.2) is 4.79 Å². The van der Waals surface area contributed by atoms with Gasteiger partial charge in [0.05, 0.1) is 25.2 Å². The summed E-state index contributed by atoms with van der Waals surface area (Å²) in [6.07, 6.45) is -1.06. The number of hydrogen-bond donors (Lipinski definition) is 8. The van der Waals surface area contributed by atoms with Gasteiger partial charge in [0.15, 0.2) is 0 Å². The van der Waals surface area contributed by atoms with Gasteiger partial charge in [-0.2, -0.15) is 0 Å². The van der Waals surface area contributed by atoms with Crippen molar-refractivity contribution in [1.82, 2.24) is 21.3 Å². The van der Waals surface area contributed by atoms with Crippen molar-refractivity contribution in [1.29, 1.82) is 0 Å². The number of carbonyl (C=O) groups is 5. The monoisotopic (exact) mass is 418 g/mol. The molecular formula is C16H26N4O9. The Hall–Kier alpha value is -2.77. The highest BCUT2D eigenvalue weighted by atomic mass is 16.4. The van der Waals surface area contributed by atoms with Crippen LogP contribution in [0.2, 0.25) is 0 Å². The largest absolute Gasteiger partial charge is 0.481 e. The zero-order chi connectivity index (χ0) is 22.1. The molecule has 1 aliphatic rings. The minimum Gasteiger partial charge on any atom is -0.481 e. The standard InChI is InChI=1S/C16H26N4O9/c1-7(22)12(15(27)18-9(16(28)29)5-11(23)24)20-14(26)10(6-21)19-13(25)8-3-2-4-17-8/h7-10,12,17,21-22H,2-6H2,1H3,(H,18,27)(H,19,25)(H,20,26)(H,23,24)(H,28,29). The summed E-state index contributed by atoms with van der Waals surface area (Å²) in [6, 6.07) is -5.35. The number of carboxylic acid groups (broad SMARTS) is 2. The van der Waals surface area contributed by atoms with Gasteiger partial charge < -0.3 is 41.7 Å². The molecule has 1 heterocycles. The second kappa shape index (κ2) is 11.3. The molecule has 0 aromatic heterocycles. The zero-order valence-corrected chi connectivity index (χ0v) is 15.8. The van der Waals surface area contributed by atoms with Gasteiger partial charge in [-0.05, 0) is 26.3 Å². The van der Waals surface area contributed by atoms with E-state index in [4.69, 9.17) is 10.2 Å². The molecule has 0 saturated carbocycles. The van der Waals surface area contributed by atoms with Crippen LogP contribution in [0.3, 0.4) is 0 Å². The van der Waals surface area contributed by atoms with Crippen LogP contribution >= 0.6 is 0 Å². The van der Waals surface area contributed by atoms with Crippen molar-refractivity contribution in [2.75, 3.05) is 13.2 Å². The van der Waals surface area contributed by atoms with Crippen molar-refractivity contribution in [2.45, 2.75) is 56.5 Å². The SMILES string of the molecule is CC(O)C(NC(=O)C(CO)NC(=O)C1CCCN1)C(=O)NC(CC(=O)O)C(=O)O. The van der Waals surface area contributed by atoms with E-state index in [0.717, 1.165) is 13.3 Å². The Kier molecular flexibility index (Phi) is 9.44. The molecule has 0 aliphatic carbocycles. The summed E-state index contributed by atoms with van der Waals surface area (Å²) in [7, 11) is 0. The number of amides is 3. The van der Waals surface area contributed by atoms with Crippen LogP contribution in [-0.4, -0.2) is 93.5 Å². The fourth-order valence-corrected chi connectivity index (χ4v) is 2.67. The molecule has 0 radical (unpaired) electrons. The fourth-order valence-electron chi connectivity index (χ4n) is 2.67. The maximum absolute atomic E-state index is 12.3. The highest BCUT2D eigenvalue weighted by molar-refractivity contribution is 5.95. The third kappa shape index (κ3) is 7.63. The topological polar surface area (TPSA) is 214 Å². The number of nitrogens with one attached hydrogen (secondary N) is 4. The van der Waals surface area contributed by atoms with Crippen LogP contribution in [0.1, 0.15) is 26.2 Å². The molecule has 13 heteroatoms. The van der Waals surface area contributed by atoms with E-state index in [1.807, 2.05) is 5.32 Å². The van der Waals surface area contributed by atoms with Gasteiger partial charge in [-0.1, -0.05) is 0 Å². The molecular weight excluding hydrogens is 392 g/mol. The first-order valence-electron chi connectivity index (χ1n) is 8.94. The Balaban J connectivity index is 2.77. The first-order valence-corrected chi connectivity index (χ1v) is 8.94. The third-order valence-corrected chi connectivity index (χ3v) is 4.25. The quantitative estimate of drug-likeness (QED) is 0.163. The van der Waals surface area contributed by atoms with Crippen LogP contribution in [0.5, 0.6) is 0 Å². The van der Waals surface area contributed by atoms with Crippen LogP contribution in [0.4, 0.5) is 0 Å². The number of aliphatic carboxylic acids is 2. The van der Waals surface area contributed by atoms with E-state index in [9.17, 15) is 34.2 Å². The number of carbonyl (C=O) groups excluding carboxylic acids is 3. The number of rotatable bonds is 11. The molecule has 1 aliphatic heterocycles. The summed E-state index contributed by atoms with van der Waals surface area (Å²) in [6.45, 7) is 1.00. The van der Waals surface area contributed by atoms with E-state index in [1.54, 1.807) is 0 Å². The van der Waals surface area contributed by atoms with Crippen molar-refractivity contribution in [3.63, 3.8) is 0 Å². The van der Waals surface area contributed by atoms with E-state index in [0.29, 0.717) is 13.0 Å². The molecule has 3 amide bonds. The van der Waals surface area contributed by atoms with Gasteiger partial charge in [0.2, 0.25) is 17.7 Å². The highest BCUT2D eigenvalue weighted by Gasteiger charge is 2.33. The average Bonchev–Trinajstić information content (AvgIpc) is 3.17. The minimum absolute atomic E-state index is 0.512. The van der Waals surface area contributed by atoms with E-state index in [-0.39, 0.29) is 0 Å². The van der Waals surface area contributed by atoms with E-state index >= 15 is 0 Å². The van der Waals surface area contributed by atoms with Crippen LogP contribution in [0, 0.1) is 0 Å². The van der Waals surface area contributed by atoms with Crippen molar-refractivity contribution in [2.24, 2.45) is 0 Å². The molecule has 5 unspecified atom stereocenters. The van der Waals surface area contributed by atoms with Crippen molar-refractivity contribution < 1.29 is 44.4 Å². The highest BCUT2D eigenvalue weighted by Crippen LogP contribution is 2.05. The summed E-state index contributed by atoms with van der Waals surface area (Å²) in [5, 5.41) is 46.2. The van der Waals surface area contributed by atoms with Crippen LogP contribution in [0.25, 0.3) is 0 Å². The number of aliphatic hydroxyl groups is 2. The Morgan fingerprint density at radius 1 is 1.03 bits per heavy atom. The molecule has 0 aromatic carbocycles. The molecule has 1 saturated heterocycles. The molecule has 1 rings (SSSR count). The zero-order valence-electron chi connectivity index (χ0n) is 15.8. The Labute approximate surface area is 165 Å². The lowest BCUT2D eigenvalue weighted by atomic mass is 10.1. The Morgan fingerprint density at radius 2 is 1.69 bits per heavy atom. The normalized spacial score (nSPS) is 20.0. The maximum atomic E-state index is 12.3. The number of carboxylic acids is 2. The van der Waals surface area contributed by atoms with Crippen molar-refractivity contribution >= 4 is 29.7 Å². The molecule has 13 nitrogen and oxygen atoms in total. The summed E-state index contributed by atoms with van der Waals surface area (Å²) in [5.41, 5.74) is 0. The average molecular weight is 418 g/mol. The molecule has 0 spiro atoms. The summed E-state index contributed by atoms with van der Waals surface area (Å²) < 4.78 is 0. The van der Waals surface area contributed by atoms with Crippen LogP contribution < -0.4 is 21.3 Å². The fraction of sp³-hybridized carbons (Fsp3) is 0.688. The second-order valence-electron chi connectivity index (χ2n) is 6.62. The van der Waals surface area contributed by atoms with Crippen LogP contribution in [0.15, 0.2) is 0 Å². The summed E-state index contributed by atoms with van der Waals surface area (Å²) in [4.78, 5) is 58.5. The van der Waals surface area contributed by atoms with Gasteiger partial charge in [-0.3, -0.25) is 19.2 Å². The third-order valence-electron chi connectivity index (χ3n) is 4.25. The molecule has 5 atom stereocenters. The molecule has 164 valence electrons. The molecule has 0 aromatic rings. The van der Waals surface area contributed by atoms with Gasteiger partial charge in [0, 0.05) is 0 Å². The Bertz CT molecular complexity index is 634. The van der Waals surface area contributed by atoms with Crippen molar-refractivity contribution in [3.8, 4) is 0 Å². The van der Waals surface area contributed by atoms with Gasteiger partial charge in [-0.15, -0.1) is 0 Å². The predicted molar refractivity (Wildman–Crippen MR) is 95.5 cm³/mol. The summed E-state index contributed by atoms with van der Waals surface area (Å²) in [5.74, 6) is -5.71. The van der Waals surface area contributed by atoms with Crippen molar-refractivity contribution in [3.05, 3.63) is 0 Å². The van der Waals surface area contributed by atoms with E-state index in [2.05, 4.69) is 16.0 Å². The molecule has 29 heavy (non-hydrogen) atoms. The van der Waals surface area contributed by atoms with Gasteiger partial charge in [0.25, 0.3) is 0 Å². The lowest BCUT2D eigenvalue weighted by Crippen LogP contribution is -2.60. The smallest absolute Gasteiger partial charge is 0.326 e. The first-order chi connectivity index (χ1) is 13.6. The number of hydrogen-bond acceptors (Lipinski definition) is 8. The lowest BCUT2D eigenvalue weighted by molar-refractivity contribution is -0.148. The lowest BCUT2D eigenvalue weighted by Gasteiger charge is -2.25. The Morgan fingerprint density at radius 3 is 2.14 bits per heavy atom. The first kappa shape index (κ1) is 24.3. The maximum Gasteiger partial charge on any atom is 0.326 e. The van der Waals surface area contributed by atoms with Gasteiger partial charge in [0.1, 0.15) is 18.1 Å². The molecule has 0 bridgehead atoms. The summed E-state index contributed by atoms with van der Waals surface area (Å²) >= 11 is 0. The van der Waals surface area contributed by atoms with Gasteiger partial charge >= 0.3 is 11.9 Å². The minimum atomic E-state index is -1.78. The van der Waals surface area contributed by atoms with E-state index < -0.39 is 73.0 Å². The second-order valence-corrected chi connectivity index (χ2v) is 6.62. The number of aliphatic hydroxyl groups excluding tert-OH is 2. The molecule has 1 fully saturated rings. The van der Waals surface area contributed by atoms with Crippen LogP contribution in [-0.2, 0) is 24.0 Å².